The fourth-order valence-electron chi connectivity index (χ4n) is 2.73. The highest BCUT2D eigenvalue weighted by atomic mass is 16.5. The predicted molar refractivity (Wildman–Crippen MR) is 85.3 cm³/mol. The normalized spacial score (nSPS) is 17.2. The van der Waals surface area contributed by atoms with Crippen molar-refractivity contribution in [2.75, 3.05) is 7.11 Å². The maximum Gasteiger partial charge on any atom is 0.336 e. The fraction of sp³-hybridized carbons (Fsp3) is 0.333. The third-order valence-corrected chi connectivity index (χ3v) is 4.01. The van der Waals surface area contributed by atoms with Crippen LogP contribution in [0.1, 0.15) is 24.8 Å². The highest BCUT2D eigenvalue weighted by molar-refractivity contribution is 5.82. The summed E-state index contributed by atoms with van der Waals surface area (Å²) in [6, 6.07) is 6.58. The Morgan fingerprint density at radius 2 is 2.17 bits per heavy atom. The van der Waals surface area contributed by atoms with Crippen LogP contribution in [0.3, 0.4) is 0 Å². The van der Waals surface area contributed by atoms with E-state index in [4.69, 9.17) is 13.9 Å². The van der Waals surface area contributed by atoms with Crippen LogP contribution >= 0.6 is 0 Å². The molecule has 0 bridgehead atoms. The van der Waals surface area contributed by atoms with Crippen LogP contribution < -0.4 is 10.4 Å². The minimum atomic E-state index is -0.475. The van der Waals surface area contributed by atoms with Gasteiger partial charge in [0.15, 0.2) is 0 Å². The number of hydrogen-bond acceptors (Lipinski definition) is 5. The first kappa shape index (κ1) is 15.3. The van der Waals surface area contributed by atoms with Crippen LogP contribution in [0.4, 0.5) is 0 Å². The molecule has 1 aromatic carbocycles. The fourth-order valence-corrected chi connectivity index (χ4v) is 2.73. The van der Waals surface area contributed by atoms with Crippen molar-refractivity contribution < 1.29 is 18.7 Å². The van der Waals surface area contributed by atoms with Crippen LogP contribution in [-0.4, -0.2) is 13.1 Å². The quantitative estimate of drug-likeness (QED) is 0.492. The SMILES string of the molecule is COc1ccc2c(COC(=O)[C@@H]3CC=CCC3)cc(=O)oc2c1. The van der Waals surface area contributed by atoms with E-state index in [9.17, 15) is 9.59 Å². The number of ether oxygens (including phenoxy) is 2. The molecule has 0 saturated heterocycles. The zero-order valence-electron chi connectivity index (χ0n) is 12.9. The van der Waals surface area contributed by atoms with Gasteiger partial charge >= 0.3 is 11.6 Å². The highest BCUT2D eigenvalue weighted by Gasteiger charge is 2.20. The second-order valence-corrected chi connectivity index (χ2v) is 5.54. The molecule has 0 aliphatic heterocycles. The van der Waals surface area contributed by atoms with Crippen LogP contribution in [0.25, 0.3) is 11.0 Å². The predicted octanol–water partition coefficient (Wildman–Crippen LogP) is 3.20. The van der Waals surface area contributed by atoms with Gasteiger partial charge in [0, 0.05) is 23.1 Å². The van der Waals surface area contributed by atoms with Crippen molar-refractivity contribution in [1.29, 1.82) is 0 Å². The molecule has 0 unspecified atom stereocenters. The Morgan fingerprint density at radius 1 is 1.30 bits per heavy atom. The van der Waals surface area contributed by atoms with Crippen LogP contribution in [-0.2, 0) is 16.1 Å². The number of esters is 1. The lowest BCUT2D eigenvalue weighted by molar-refractivity contribution is -0.150. The molecule has 1 atom stereocenters. The summed E-state index contributed by atoms with van der Waals surface area (Å²) >= 11 is 0. The first-order valence-corrected chi connectivity index (χ1v) is 7.60. The molecular weight excluding hydrogens is 296 g/mol. The summed E-state index contributed by atoms with van der Waals surface area (Å²) in [5.41, 5.74) is 0.583. The third-order valence-electron chi connectivity index (χ3n) is 4.01. The van der Waals surface area contributed by atoms with E-state index in [1.165, 1.54) is 6.07 Å². The summed E-state index contributed by atoms with van der Waals surface area (Å²) in [7, 11) is 1.55. The number of benzene rings is 1. The number of carbonyl (C=O) groups excluding carboxylic acids is 1. The van der Waals surface area contributed by atoms with Gasteiger partial charge in [-0.3, -0.25) is 4.79 Å². The highest BCUT2D eigenvalue weighted by Crippen LogP contribution is 2.24. The second kappa shape index (κ2) is 6.69. The number of methoxy groups -OCH3 is 1. The maximum atomic E-state index is 12.1. The molecular formula is C18H18O5. The molecule has 3 rings (SSSR count). The Hall–Kier alpha value is -2.56. The van der Waals surface area contributed by atoms with Crippen molar-refractivity contribution in [1.82, 2.24) is 0 Å². The molecule has 5 nitrogen and oxygen atoms in total. The molecule has 1 aromatic heterocycles. The summed E-state index contributed by atoms with van der Waals surface area (Å²) in [6.45, 7) is 0.0630. The van der Waals surface area contributed by atoms with Gasteiger partial charge in [-0.05, 0) is 31.4 Å². The van der Waals surface area contributed by atoms with Gasteiger partial charge in [-0.1, -0.05) is 12.2 Å². The van der Waals surface area contributed by atoms with Crippen molar-refractivity contribution in [2.24, 2.45) is 5.92 Å². The molecule has 23 heavy (non-hydrogen) atoms. The standard InChI is InChI=1S/C18H18O5/c1-21-14-7-8-15-13(9-17(19)23-16(15)10-14)11-22-18(20)12-5-3-2-4-6-12/h2-3,7-10,12H,4-6,11H2,1H3/t12-/m1/s1. The van der Waals surface area contributed by atoms with Gasteiger partial charge in [0.2, 0.25) is 0 Å². The second-order valence-electron chi connectivity index (χ2n) is 5.54. The van der Waals surface area contributed by atoms with Crippen LogP contribution in [0, 0.1) is 5.92 Å². The summed E-state index contributed by atoms with van der Waals surface area (Å²) in [4.78, 5) is 23.8. The van der Waals surface area contributed by atoms with E-state index in [2.05, 4.69) is 6.08 Å². The summed E-state index contributed by atoms with van der Waals surface area (Å²) < 4.78 is 15.7. The number of fused-ring (bicyclic) bond motifs is 1. The zero-order chi connectivity index (χ0) is 16.2. The Kier molecular flexibility index (Phi) is 4.46. The Bertz CT molecular complexity index is 803. The van der Waals surface area contributed by atoms with Gasteiger partial charge in [-0.2, -0.15) is 0 Å². The number of carbonyl (C=O) groups is 1. The number of allylic oxidation sites excluding steroid dienone is 2. The molecule has 1 aliphatic carbocycles. The van der Waals surface area contributed by atoms with Gasteiger partial charge in [0.05, 0.1) is 13.0 Å². The van der Waals surface area contributed by atoms with E-state index in [0.29, 0.717) is 23.3 Å². The molecule has 0 amide bonds. The van der Waals surface area contributed by atoms with Gasteiger partial charge in [0.25, 0.3) is 0 Å². The molecule has 0 N–H and O–H groups in total. The summed E-state index contributed by atoms with van der Waals surface area (Å²) in [5.74, 6) is 0.291. The van der Waals surface area contributed by atoms with E-state index in [1.807, 2.05) is 6.08 Å². The van der Waals surface area contributed by atoms with Crippen molar-refractivity contribution in [3.05, 3.63) is 52.4 Å². The minimum absolute atomic E-state index is 0.0630. The number of hydrogen-bond donors (Lipinski definition) is 0. The lowest BCUT2D eigenvalue weighted by atomic mass is 9.95. The zero-order valence-corrected chi connectivity index (χ0v) is 12.9. The monoisotopic (exact) mass is 314 g/mol. The molecule has 0 fully saturated rings. The topological polar surface area (TPSA) is 65.7 Å². The van der Waals surface area contributed by atoms with E-state index in [0.717, 1.165) is 18.2 Å². The molecule has 120 valence electrons. The molecule has 0 saturated carbocycles. The minimum Gasteiger partial charge on any atom is -0.497 e. The van der Waals surface area contributed by atoms with Gasteiger partial charge in [0.1, 0.15) is 17.9 Å². The molecule has 5 heteroatoms. The maximum absolute atomic E-state index is 12.1. The molecule has 1 aliphatic rings. The summed E-state index contributed by atoms with van der Waals surface area (Å²) in [5, 5.41) is 0.738. The third kappa shape index (κ3) is 3.44. The van der Waals surface area contributed by atoms with Gasteiger partial charge in [-0.25, -0.2) is 4.79 Å². The van der Waals surface area contributed by atoms with E-state index < -0.39 is 5.63 Å². The molecule has 0 radical (unpaired) electrons. The lowest BCUT2D eigenvalue weighted by Gasteiger charge is -2.16. The number of rotatable bonds is 4. The molecule has 1 heterocycles. The average molecular weight is 314 g/mol. The Labute approximate surface area is 133 Å². The molecule has 0 spiro atoms. The first-order valence-electron chi connectivity index (χ1n) is 7.60. The van der Waals surface area contributed by atoms with E-state index >= 15 is 0 Å². The largest absolute Gasteiger partial charge is 0.497 e. The van der Waals surface area contributed by atoms with E-state index in [1.54, 1.807) is 25.3 Å². The van der Waals surface area contributed by atoms with Crippen LogP contribution in [0.15, 0.2) is 45.6 Å². The summed E-state index contributed by atoms with van der Waals surface area (Å²) in [6.07, 6.45) is 6.51. The van der Waals surface area contributed by atoms with Crippen molar-refractivity contribution in [3.63, 3.8) is 0 Å². The smallest absolute Gasteiger partial charge is 0.336 e. The van der Waals surface area contributed by atoms with Crippen LogP contribution in [0.2, 0.25) is 0 Å². The first-order chi connectivity index (χ1) is 11.2. The van der Waals surface area contributed by atoms with Gasteiger partial charge < -0.3 is 13.9 Å². The Balaban J connectivity index is 1.80. The van der Waals surface area contributed by atoms with Crippen molar-refractivity contribution in [3.8, 4) is 5.75 Å². The van der Waals surface area contributed by atoms with Crippen LogP contribution in [0.5, 0.6) is 5.75 Å². The average Bonchev–Trinajstić information content (AvgIpc) is 2.59. The molecule has 2 aromatic rings. The van der Waals surface area contributed by atoms with Crippen molar-refractivity contribution in [2.45, 2.75) is 25.9 Å². The van der Waals surface area contributed by atoms with Crippen molar-refractivity contribution >= 4 is 16.9 Å². The Morgan fingerprint density at radius 3 is 2.91 bits per heavy atom. The van der Waals surface area contributed by atoms with E-state index in [-0.39, 0.29) is 18.5 Å². The lowest BCUT2D eigenvalue weighted by Crippen LogP contribution is -2.19. The van der Waals surface area contributed by atoms with Gasteiger partial charge in [-0.15, -0.1) is 0 Å².